The van der Waals surface area contributed by atoms with Gasteiger partial charge in [-0.1, -0.05) is 29.0 Å². The summed E-state index contributed by atoms with van der Waals surface area (Å²) in [6, 6.07) is 4.95. The van der Waals surface area contributed by atoms with E-state index in [0.29, 0.717) is 16.3 Å². The monoisotopic (exact) mass is 304 g/mol. The van der Waals surface area contributed by atoms with Crippen LogP contribution in [0.2, 0.25) is 5.02 Å². The lowest BCUT2D eigenvalue weighted by molar-refractivity contribution is 0.599. The maximum absolute atomic E-state index is 12.0. The Morgan fingerprint density at radius 2 is 2.11 bits per heavy atom. The number of rotatable bonds is 3. The van der Waals surface area contributed by atoms with E-state index in [1.54, 1.807) is 25.1 Å². The highest BCUT2D eigenvalue weighted by atomic mass is 35.5. The van der Waals surface area contributed by atoms with E-state index >= 15 is 0 Å². The minimum Gasteiger partial charge on any atom is -0.374 e. The summed E-state index contributed by atoms with van der Waals surface area (Å²) < 4.78 is 26.2. The first-order valence-electron chi connectivity index (χ1n) is 4.77. The predicted molar refractivity (Wildman–Crippen MR) is 71.3 cm³/mol. The zero-order valence-electron chi connectivity index (χ0n) is 9.21. The largest absolute Gasteiger partial charge is 0.374 e. The highest BCUT2D eigenvalue weighted by Gasteiger charge is 2.20. The van der Waals surface area contributed by atoms with E-state index < -0.39 is 10.0 Å². The van der Waals surface area contributed by atoms with Gasteiger partial charge >= 0.3 is 0 Å². The molecule has 9 heteroatoms. The maximum atomic E-state index is 12.0. The Hall–Kier alpha value is -1.38. The van der Waals surface area contributed by atoms with E-state index in [-0.39, 0.29) is 9.47 Å². The Labute approximate surface area is 113 Å². The molecule has 6 nitrogen and oxygen atoms in total. The predicted octanol–water partition coefficient (Wildman–Crippen LogP) is 1.88. The topological polar surface area (TPSA) is 98.0 Å². The Kier molecular flexibility index (Phi) is 3.42. The van der Waals surface area contributed by atoms with Crippen LogP contribution >= 0.6 is 22.9 Å². The fourth-order valence-corrected chi connectivity index (χ4v) is 3.32. The van der Waals surface area contributed by atoms with Crippen molar-refractivity contribution in [3.05, 3.63) is 28.8 Å². The maximum Gasteiger partial charge on any atom is 0.291 e. The molecule has 2 rings (SSSR count). The molecule has 0 aliphatic rings. The number of nitrogens with one attached hydrogen (secondary N) is 1. The molecule has 0 unspecified atom stereocenters. The van der Waals surface area contributed by atoms with Gasteiger partial charge in [-0.2, -0.15) is 8.42 Å². The van der Waals surface area contributed by atoms with Crippen LogP contribution in [0, 0.1) is 6.92 Å². The number of hydrogen-bond donors (Lipinski definition) is 2. The van der Waals surface area contributed by atoms with Crippen molar-refractivity contribution in [2.75, 3.05) is 10.5 Å². The van der Waals surface area contributed by atoms with Gasteiger partial charge in [-0.15, -0.1) is 10.2 Å². The fraction of sp³-hybridized carbons (Fsp3) is 0.111. The Balaban J connectivity index is 2.37. The van der Waals surface area contributed by atoms with Gasteiger partial charge in [0.15, 0.2) is 0 Å². The number of nitrogens with zero attached hydrogens (tertiary/aromatic N) is 2. The molecule has 18 heavy (non-hydrogen) atoms. The standard InChI is InChI=1S/C9H9ClN4O2S2/c1-5-6(10)3-2-4-7(5)14-18(15,16)9-13-12-8(11)17-9/h2-4,14H,1H3,(H2,11,12). The van der Waals surface area contributed by atoms with Crippen molar-refractivity contribution < 1.29 is 8.42 Å². The number of aromatic nitrogens is 2. The first-order chi connectivity index (χ1) is 8.40. The van der Waals surface area contributed by atoms with Crippen LogP contribution in [0.3, 0.4) is 0 Å². The molecular weight excluding hydrogens is 296 g/mol. The van der Waals surface area contributed by atoms with Gasteiger partial charge in [-0.25, -0.2) is 0 Å². The molecule has 0 saturated carbocycles. The summed E-state index contributed by atoms with van der Waals surface area (Å²) in [5.74, 6) is 0. The smallest absolute Gasteiger partial charge is 0.291 e. The lowest BCUT2D eigenvalue weighted by atomic mass is 10.2. The van der Waals surface area contributed by atoms with Gasteiger partial charge in [-0.3, -0.25) is 4.72 Å². The average Bonchev–Trinajstić information content (AvgIpc) is 2.72. The quantitative estimate of drug-likeness (QED) is 0.902. The first-order valence-corrected chi connectivity index (χ1v) is 7.45. The van der Waals surface area contributed by atoms with Crippen molar-refractivity contribution >= 4 is 43.8 Å². The molecule has 3 N–H and O–H groups in total. The number of halogens is 1. The van der Waals surface area contributed by atoms with Crippen LogP contribution in [-0.2, 0) is 10.0 Å². The van der Waals surface area contributed by atoms with Crippen LogP contribution in [-0.4, -0.2) is 18.6 Å². The number of benzene rings is 1. The van der Waals surface area contributed by atoms with E-state index in [0.717, 1.165) is 11.3 Å². The van der Waals surface area contributed by atoms with E-state index in [1.165, 1.54) is 0 Å². The van der Waals surface area contributed by atoms with Crippen molar-refractivity contribution in [3.63, 3.8) is 0 Å². The second kappa shape index (κ2) is 4.71. The van der Waals surface area contributed by atoms with E-state index in [1.807, 2.05) is 0 Å². The molecule has 2 aromatic rings. The molecule has 0 aliphatic carbocycles. The average molecular weight is 305 g/mol. The van der Waals surface area contributed by atoms with Crippen LogP contribution in [0.4, 0.5) is 10.8 Å². The second-order valence-corrected chi connectivity index (χ2v) is 6.70. The van der Waals surface area contributed by atoms with Gasteiger partial charge in [0.1, 0.15) is 0 Å². The van der Waals surface area contributed by atoms with Crippen LogP contribution in [0.5, 0.6) is 0 Å². The zero-order valence-corrected chi connectivity index (χ0v) is 11.6. The summed E-state index contributed by atoms with van der Waals surface area (Å²) in [5.41, 5.74) is 6.39. The minimum absolute atomic E-state index is 0.0955. The minimum atomic E-state index is -3.78. The van der Waals surface area contributed by atoms with Crippen molar-refractivity contribution in [2.24, 2.45) is 0 Å². The molecule has 0 bridgehead atoms. The van der Waals surface area contributed by atoms with E-state index in [9.17, 15) is 8.42 Å². The van der Waals surface area contributed by atoms with E-state index in [2.05, 4.69) is 14.9 Å². The normalized spacial score (nSPS) is 11.4. The summed E-state index contributed by atoms with van der Waals surface area (Å²) in [6.45, 7) is 1.72. The molecule has 0 radical (unpaired) electrons. The van der Waals surface area contributed by atoms with E-state index in [4.69, 9.17) is 17.3 Å². The lowest BCUT2D eigenvalue weighted by Crippen LogP contribution is -2.13. The molecule has 1 heterocycles. The highest BCUT2D eigenvalue weighted by molar-refractivity contribution is 7.94. The third-order valence-electron chi connectivity index (χ3n) is 2.16. The van der Waals surface area contributed by atoms with Crippen LogP contribution in [0.1, 0.15) is 5.56 Å². The summed E-state index contributed by atoms with van der Waals surface area (Å²) in [6.07, 6.45) is 0. The molecule has 1 aromatic heterocycles. The van der Waals surface area contributed by atoms with Crippen LogP contribution in [0.25, 0.3) is 0 Å². The number of anilines is 2. The second-order valence-electron chi connectivity index (χ2n) is 3.42. The van der Waals surface area contributed by atoms with Crippen molar-refractivity contribution in [3.8, 4) is 0 Å². The molecule has 0 saturated heterocycles. The van der Waals surface area contributed by atoms with Gasteiger partial charge in [0.25, 0.3) is 14.4 Å². The fourth-order valence-electron chi connectivity index (χ4n) is 1.24. The summed E-state index contributed by atoms with van der Waals surface area (Å²) in [7, 11) is -3.78. The van der Waals surface area contributed by atoms with Gasteiger partial charge in [-0.05, 0) is 24.6 Å². The number of nitrogens with two attached hydrogens (primary N) is 1. The molecule has 96 valence electrons. The molecule has 0 fully saturated rings. The number of nitrogen functional groups attached to an aromatic ring is 1. The van der Waals surface area contributed by atoms with Crippen molar-refractivity contribution in [2.45, 2.75) is 11.3 Å². The SMILES string of the molecule is Cc1c(Cl)cccc1NS(=O)(=O)c1nnc(N)s1. The first kappa shape index (κ1) is 13.1. The lowest BCUT2D eigenvalue weighted by Gasteiger charge is -2.09. The van der Waals surface area contributed by atoms with Gasteiger partial charge in [0.2, 0.25) is 5.13 Å². The number of sulfonamides is 1. The van der Waals surface area contributed by atoms with Crippen molar-refractivity contribution in [1.29, 1.82) is 0 Å². The molecule has 0 aliphatic heterocycles. The van der Waals surface area contributed by atoms with Gasteiger partial charge in [0, 0.05) is 5.02 Å². The third-order valence-corrected chi connectivity index (χ3v) is 5.06. The third kappa shape index (κ3) is 2.55. The Bertz CT molecular complexity index is 684. The Morgan fingerprint density at radius 3 is 2.72 bits per heavy atom. The van der Waals surface area contributed by atoms with Gasteiger partial charge < -0.3 is 5.73 Å². The van der Waals surface area contributed by atoms with Crippen LogP contribution < -0.4 is 10.5 Å². The molecule has 0 atom stereocenters. The van der Waals surface area contributed by atoms with Crippen LogP contribution in [0.15, 0.2) is 22.5 Å². The molecule has 1 aromatic carbocycles. The molecular formula is C9H9ClN4O2S2. The van der Waals surface area contributed by atoms with Crippen molar-refractivity contribution in [1.82, 2.24) is 10.2 Å². The Morgan fingerprint density at radius 1 is 1.39 bits per heavy atom. The molecule has 0 amide bonds. The van der Waals surface area contributed by atoms with Gasteiger partial charge in [0.05, 0.1) is 5.69 Å². The summed E-state index contributed by atoms with van der Waals surface area (Å²) in [5, 5.41) is 7.54. The zero-order chi connectivity index (χ0) is 13.3. The summed E-state index contributed by atoms with van der Waals surface area (Å²) >= 11 is 6.71. The highest BCUT2D eigenvalue weighted by Crippen LogP contribution is 2.26. The number of hydrogen-bond acceptors (Lipinski definition) is 6. The summed E-state index contributed by atoms with van der Waals surface area (Å²) in [4.78, 5) is 0. The molecule has 0 spiro atoms.